The molecule has 0 atom stereocenters. The lowest BCUT2D eigenvalue weighted by Gasteiger charge is -2.07. The maximum absolute atomic E-state index is 11.0. The van der Waals surface area contributed by atoms with E-state index in [0.717, 1.165) is 24.2 Å². The van der Waals surface area contributed by atoms with Gasteiger partial charge in [0, 0.05) is 12.8 Å². The number of aryl methyl sites for hydroxylation is 2. The van der Waals surface area contributed by atoms with Crippen LogP contribution in [0.4, 0.5) is 5.95 Å². The van der Waals surface area contributed by atoms with E-state index in [-0.39, 0.29) is 5.75 Å². The van der Waals surface area contributed by atoms with Crippen LogP contribution < -0.4 is 5.32 Å². The molecule has 0 saturated heterocycles. The second-order valence-corrected chi connectivity index (χ2v) is 6.41. The number of rotatable bonds is 7. The lowest BCUT2D eigenvalue weighted by atomic mass is 10.2. The summed E-state index contributed by atoms with van der Waals surface area (Å²) in [5.41, 5.74) is 1.86. The SMILES string of the molecule is CCc1nnc(NCCCS(C)(=O)=O)nc1CC. The Labute approximate surface area is 108 Å². The molecule has 1 aromatic heterocycles. The van der Waals surface area contributed by atoms with Crippen molar-refractivity contribution in [3.05, 3.63) is 11.4 Å². The van der Waals surface area contributed by atoms with Crippen molar-refractivity contribution in [2.24, 2.45) is 0 Å². The van der Waals surface area contributed by atoms with Gasteiger partial charge < -0.3 is 5.32 Å². The van der Waals surface area contributed by atoms with Crippen LogP contribution in [0.1, 0.15) is 31.7 Å². The molecule has 1 rings (SSSR count). The minimum Gasteiger partial charge on any atom is -0.353 e. The van der Waals surface area contributed by atoms with E-state index in [4.69, 9.17) is 0 Å². The van der Waals surface area contributed by atoms with Gasteiger partial charge in [-0.3, -0.25) is 0 Å². The zero-order valence-corrected chi connectivity index (χ0v) is 11.9. The molecule has 6 nitrogen and oxygen atoms in total. The first kappa shape index (κ1) is 14.8. The summed E-state index contributed by atoms with van der Waals surface area (Å²) >= 11 is 0. The van der Waals surface area contributed by atoms with Crippen molar-refractivity contribution in [3.8, 4) is 0 Å². The molecule has 0 aromatic carbocycles. The van der Waals surface area contributed by atoms with E-state index >= 15 is 0 Å². The average molecular weight is 272 g/mol. The van der Waals surface area contributed by atoms with Gasteiger partial charge in [-0.15, -0.1) is 5.10 Å². The predicted octanol–water partition coefficient (Wildman–Crippen LogP) is 0.843. The quantitative estimate of drug-likeness (QED) is 0.740. The lowest BCUT2D eigenvalue weighted by Crippen LogP contribution is -2.13. The minimum absolute atomic E-state index is 0.168. The number of nitrogens with one attached hydrogen (secondary N) is 1. The highest BCUT2D eigenvalue weighted by Crippen LogP contribution is 2.06. The molecule has 0 aliphatic heterocycles. The molecule has 0 bridgehead atoms. The predicted molar refractivity (Wildman–Crippen MR) is 71.4 cm³/mol. The fraction of sp³-hybridized carbons (Fsp3) is 0.727. The van der Waals surface area contributed by atoms with Gasteiger partial charge in [-0.25, -0.2) is 13.4 Å². The Hall–Kier alpha value is -1.24. The Bertz CT molecular complexity index is 488. The first-order valence-corrected chi connectivity index (χ1v) is 8.16. The molecule has 0 spiro atoms. The molecular weight excluding hydrogens is 252 g/mol. The Balaban J connectivity index is 2.53. The highest BCUT2D eigenvalue weighted by atomic mass is 32.2. The van der Waals surface area contributed by atoms with Crippen LogP contribution in [0.5, 0.6) is 0 Å². The molecule has 7 heteroatoms. The summed E-state index contributed by atoms with van der Waals surface area (Å²) in [6.45, 7) is 4.57. The highest BCUT2D eigenvalue weighted by Gasteiger charge is 2.06. The third kappa shape index (κ3) is 4.95. The molecule has 1 aromatic rings. The molecule has 0 amide bonds. The third-order valence-corrected chi connectivity index (χ3v) is 3.51. The maximum atomic E-state index is 11.0. The molecule has 0 radical (unpaired) electrons. The number of nitrogens with zero attached hydrogens (tertiary/aromatic N) is 3. The van der Waals surface area contributed by atoms with Gasteiger partial charge in [0.15, 0.2) is 0 Å². The monoisotopic (exact) mass is 272 g/mol. The molecule has 0 fully saturated rings. The van der Waals surface area contributed by atoms with E-state index in [0.29, 0.717) is 18.9 Å². The summed E-state index contributed by atoms with van der Waals surface area (Å²) in [5.74, 6) is 0.638. The summed E-state index contributed by atoms with van der Waals surface area (Å²) in [5, 5.41) is 11.1. The molecule has 18 heavy (non-hydrogen) atoms. The summed E-state index contributed by atoms with van der Waals surface area (Å²) in [6, 6.07) is 0. The molecule has 0 saturated carbocycles. The smallest absolute Gasteiger partial charge is 0.242 e. The molecule has 1 N–H and O–H groups in total. The van der Waals surface area contributed by atoms with Crippen LogP contribution in [-0.2, 0) is 22.7 Å². The van der Waals surface area contributed by atoms with Gasteiger partial charge in [-0.05, 0) is 19.3 Å². The normalized spacial score (nSPS) is 11.5. The van der Waals surface area contributed by atoms with Gasteiger partial charge >= 0.3 is 0 Å². The number of hydrogen-bond donors (Lipinski definition) is 1. The van der Waals surface area contributed by atoms with Gasteiger partial charge in [0.2, 0.25) is 5.95 Å². The second-order valence-electron chi connectivity index (χ2n) is 4.15. The van der Waals surface area contributed by atoms with Gasteiger partial charge in [0.1, 0.15) is 9.84 Å². The van der Waals surface area contributed by atoms with Crippen molar-refractivity contribution in [2.75, 3.05) is 23.9 Å². The fourth-order valence-corrected chi connectivity index (χ4v) is 2.22. The number of anilines is 1. The Morgan fingerprint density at radius 1 is 1.11 bits per heavy atom. The van der Waals surface area contributed by atoms with E-state index in [1.807, 2.05) is 13.8 Å². The largest absolute Gasteiger partial charge is 0.353 e. The molecule has 1 heterocycles. The Kier molecular flexibility index (Phi) is 5.46. The van der Waals surface area contributed by atoms with Crippen molar-refractivity contribution in [1.82, 2.24) is 15.2 Å². The van der Waals surface area contributed by atoms with E-state index in [2.05, 4.69) is 20.5 Å². The molecule has 102 valence electrons. The lowest BCUT2D eigenvalue weighted by molar-refractivity contribution is 0.600. The van der Waals surface area contributed by atoms with Crippen LogP contribution in [0.3, 0.4) is 0 Å². The van der Waals surface area contributed by atoms with E-state index in [1.54, 1.807) is 0 Å². The molecule has 0 unspecified atom stereocenters. The molecule has 0 aliphatic carbocycles. The van der Waals surface area contributed by atoms with Crippen LogP contribution in [0.15, 0.2) is 0 Å². The van der Waals surface area contributed by atoms with Gasteiger partial charge in [0.05, 0.1) is 17.1 Å². The van der Waals surface area contributed by atoms with Crippen LogP contribution in [0.25, 0.3) is 0 Å². The maximum Gasteiger partial charge on any atom is 0.242 e. The molecule has 0 aliphatic rings. The minimum atomic E-state index is -2.90. The van der Waals surface area contributed by atoms with Gasteiger partial charge in [-0.2, -0.15) is 5.10 Å². The summed E-state index contributed by atoms with van der Waals surface area (Å²) < 4.78 is 21.9. The third-order valence-electron chi connectivity index (χ3n) is 2.48. The Morgan fingerprint density at radius 3 is 2.33 bits per heavy atom. The summed E-state index contributed by atoms with van der Waals surface area (Å²) in [6.07, 6.45) is 3.41. The van der Waals surface area contributed by atoms with Crippen molar-refractivity contribution in [3.63, 3.8) is 0 Å². The summed E-state index contributed by atoms with van der Waals surface area (Å²) in [4.78, 5) is 4.36. The fourth-order valence-electron chi connectivity index (χ4n) is 1.55. The zero-order valence-electron chi connectivity index (χ0n) is 11.1. The first-order chi connectivity index (χ1) is 8.46. The van der Waals surface area contributed by atoms with Crippen molar-refractivity contribution in [1.29, 1.82) is 0 Å². The number of aromatic nitrogens is 3. The topological polar surface area (TPSA) is 84.8 Å². The van der Waals surface area contributed by atoms with Crippen LogP contribution in [0.2, 0.25) is 0 Å². The van der Waals surface area contributed by atoms with E-state index in [9.17, 15) is 8.42 Å². The number of sulfone groups is 1. The van der Waals surface area contributed by atoms with Crippen LogP contribution in [0, 0.1) is 0 Å². The van der Waals surface area contributed by atoms with Gasteiger partial charge in [0.25, 0.3) is 0 Å². The zero-order chi connectivity index (χ0) is 13.6. The van der Waals surface area contributed by atoms with Crippen LogP contribution >= 0.6 is 0 Å². The first-order valence-electron chi connectivity index (χ1n) is 6.10. The molecular formula is C11H20N4O2S. The van der Waals surface area contributed by atoms with Crippen molar-refractivity contribution < 1.29 is 8.42 Å². The second kappa shape index (κ2) is 6.63. The summed E-state index contributed by atoms with van der Waals surface area (Å²) in [7, 11) is -2.90. The van der Waals surface area contributed by atoms with E-state index in [1.165, 1.54) is 6.26 Å². The van der Waals surface area contributed by atoms with Crippen LogP contribution in [-0.4, -0.2) is 42.2 Å². The van der Waals surface area contributed by atoms with E-state index < -0.39 is 9.84 Å². The highest BCUT2D eigenvalue weighted by molar-refractivity contribution is 7.90. The standard InChI is InChI=1S/C11H20N4O2S/c1-4-9-10(5-2)14-15-11(13-9)12-7-6-8-18(3,16)17/h4-8H2,1-3H3,(H,12,13,15). The number of hydrogen-bond acceptors (Lipinski definition) is 6. The van der Waals surface area contributed by atoms with Gasteiger partial charge in [-0.1, -0.05) is 13.8 Å². The Morgan fingerprint density at radius 2 is 1.78 bits per heavy atom. The average Bonchev–Trinajstić information content (AvgIpc) is 2.33. The van der Waals surface area contributed by atoms with Crippen molar-refractivity contribution in [2.45, 2.75) is 33.1 Å². The van der Waals surface area contributed by atoms with Crippen molar-refractivity contribution >= 4 is 15.8 Å².